The fraction of sp³-hybridized carbons (Fsp3) is 0.562. The molecular weight excluding hydrogens is 254 g/mol. The quantitative estimate of drug-likeness (QED) is 0.799. The van der Waals surface area contributed by atoms with E-state index in [1.54, 1.807) is 14.0 Å². The maximum Gasteiger partial charge on any atom is 0.224 e. The van der Waals surface area contributed by atoms with Crippen molar-refractivity contribution in [2.24, 2.45) is 0 Å². The van der Waals surface area contributed by atoms with Crippen LogP contribution < -0.4 is 5.32 Å². The second-order valence-electron chi connectivity index (χ2n) is 5.61. The van der Waals surface area contributed by atoms with Crippen LogP contribution in [0.2, 0.25) is 0 Å². The van der Waals surface area contributed by atoms with E-state index in [4.69, 9.17) is 4.74 Å². The van der Waals surface area contributed by atoms with Crippen molar-refractivity contribution in [3.05, 3.63) is 34.9 Å². The molecule has 112 valence electrons. The van der Waals surface area contributed by atoms with E-state index in [0.29, 0.717) is 19.4 Å². The van der Waals surface area contributed by atoms with Crippen molar-refractivity contribution in [2.45, 2.75) is 39.2 Å². The van der Waals surface area contributed by atoms with Gasteiger partial charge in [0.15, 0.2) is 0 Å². The normalized spacial score (nSPS) is 13.8. The summed E-state index contributed by atoms with van der Waals surface area (Å²) >= 11 is 0. The molecule has 20 heavy (non-hydrogen) atoms. The molecule has 0 aliphatic heterocycles. The average Bonchev–Trinajstić information content (AvgIpc) is 2.39. The zero-order valence-corrected chi connectivity index (χ0v) is 12.8. The van der Waals surface area contributed by atoms with Gasteiger partial charge in [0.1, 0.15) is 0 Å². The number of amides is 1. The maximum atomic E-state index is 11.9. The molecule has 1 unspecified atom stereocenters. The number of aryl methyl sites for hydroxylation is 2. The first-order valence-corrected chi connectivity index (χ1v) is 6.88. The van der Waals surface area contributed by atoms with Crippen LogP contribution in [-0.2, 0) is 16.0 Å². The van der Waals surface area contributed by atoms with Gasteiger partial charge in [-0.3, -0.25) is 4.79 Å². The number of carbonyl (C=O) groups excluding carboxylic acids is 1. The summed E-state index contributed by atoms with van der Waals surface area (Å²) < 4.78 is 4.93. The van der Waals surface area contributed by atoms with E-state index < -0.39 is 5.60 Å². The Morgan fingerprint density at radius 2 is 2.05 bits per heavy atom. The number of nitrogens with one attached hydrogen (secondary N) is 1. The van der Waals surface area contributed by atoms with Gasteiger partial charge in [0, 0.05) is 26.7 Å². The first-order valence-electron chi connectivity index (χ1n) is 6.88. The predicted octanol–water partition coefficient (Wildman–Crippen LogP) is 1.75. The SMILES string of the molecule is COCCC(C)(O)CNC(=O)Cc1ccc(C)c(C)c1. The minimum absolute atomic E-state index is 0.0778. The molecule has 0 fully saturated rings. The van der Waals surface area contributed by atoms with E-state index in [-0.39, 0.29) is 12.5 Å². The number of hydrogen-bond acceptors (Lipinski definition) is 3. The highest BCUT2D eigenvalue weighted by Crippen LogP contribution is 2.11. The van der Waals surface area contributed by atoms with Crippen molar-refractivity contribution in [1.82, 2.24) is 5.32 Å². The molecule has 1 rings (SSSR count). The summed E-state index contributed by atoms with van der Waals surface area (Å²) in [5.74, 6) is -0.0778. The molecule has 0 spiro atoms. The predicted molar refractivity (Wildman–Crippen MR) is 79.7 cm³/mol. The van der Waals surface area contributed by atoms with Crippen molar-refractivity contribution in [1.29, 1.82) is 0 Å². The maximum absolute atomic E-state index is 11.9. The average molecular weight is 279 g/mol. The number of ether oxygens (including phenoxy) is 1. The molecule has 4 heteroatoms. The van der Waals surface area contributed by atoms with Gasteiger partial charge in [0.2, 0.25) is 5.91 Å². The third-order valence-corrected chi connectivity index (χ3v) is 3.45. The summed E-state index contributed by atoms with van der Waals surface area (Å²) in [7, 11) is 1.59. The number of methoxy groups -OCH3 is 1. The zero-order valence-electron chi connectivity index (χ0n) is 12.8. The summed E-state index contributed by atoms with van der Waals surface area (Å²) in [6, 6.07) is 6.01. The van der Waals surface area contributed by atoms with Crippen LogP contribution in [0, 0.1) is 13.8 Å². The Hall–Kier alpha value is -1.39. The molecule has 1 aromatic carbocycles. The van der Waals surface area contributed by atoms with Gasteiger partial charge in [-0.25, -0.2) is 0 Å². The lowest BCUT2D eigenvalue weighted by Gasteiger charge is -2.23. The van der Waals surface area contributed by atoms with Crippen molar-refractivity contribution < 1.29 is 14.6 Å². The van der Waals surface area contributed by atoms with Crippen LogP contribution in [0.15, 0.2) is 18.2 Å². The Bertz CT molecular complexity index is 455. The van der Waals surface area contributed by atoms with Crippen LogP contribution in [0.1, 0.15) is 30.0 Å². The van der Waals surface area contributed by atoms with Gasteiger partial charge in [0.25, 0.3) is 0 Å². The van der Waals surface area contributed by atoms with Crippen LogP contribution >= 0.6 is 0 Å². The second kappa shape index (κ2) is 7.41. The molecule has 4 nitrogen and oxygen atoms in total. The van der Waals surface area contributed by atoms with Gasteiger partial charge >= 0.3 is 0 Å². The number of rotatable bonds is 7. The van der Waals surface area contributed by atoms with Crippen LogP contribution in [0.25, 0.3) is 0 Å². The van der Waals surface area contributed by atoms with E-state index >= 15 is 0 Å². The molecule has 0 radical (unpaired) electrons. The summed E-state index contributed by atoms with van der Waals surface area (Å²) in [6.07, 6.45) is 0.828. The van der Waals surface area contributed by atoms with E-state index in [1.807, 2.05) is 32.0 Å². The molecule has 1 aromatic rings. The largest absolute Gasteiger partial charge is 0.388 e. The lowest BCUT2D eigenvalue weighted by molar-refractivity contribution is -0.121. The number of benzene rings is 1. The molecule has 0 saturated heterocycles. The highest BCUT2D eigenvalue weighted by atomic mass is 16.5. The lowest BCUT2D eigenvalue weighted by Crippen LogP contribution is -2.41. The molecule has 0 aliphatic carbocycles. The van der Waals surface area contributed by atoms with E-state index in [1.165, 1.54) is 11.1 Å². The minimum atomic E-state index is -0.936. The Morgan fingerprint density at radius 3 is 2.65 bits per heavy atom. The van der Waals surface area contributed by atoms with E-state index in [0.717, 1.165) is 5.56 Å². The van der Waals surface area contributed by atoms with Crippen LogP contribution in [0.4, 0.5) is 0 Å². The number of carbonyl (C=O) groups is 1. The molecule has 1 amide bonds. The van der Waals surface area contributed by atoms with Gasteiger partial charge in [0.05, 0.1) is 12.0 Å². The molecule has 0 aromatic heterocycles. The van der Waals surface area contributed by atoms with E-state index in [9.17, 15) is 9.90 Å². The van der Waals surface area contributed by atoms with Crippen LogP contribution in [0.5, 0.6) is 0 Å². The van der Waals surface area contributed by atoms with Gasteiger partial charge in [-0.1, -0.05) is 18.2 Å². The van der Waals surface area contributed by atoms with Gasteiger partial charge in [-0.15, -0.1) is 0 Å². The summed E-state index contributed by atoms with van der Waals surface area (Å²) in [4.78, 5) is 11.9. The third kappa shape index (κ3) is 5.72. The molecule has 0 saturated carbocycles. The van der Waals surface area contributed by atoms with Gasteiger partial charge < -0.3 is 15.2 Å². The third-order valence-electron chi connectivity index (χ3n) is 3.45. The van der Waals surface area contributed by atoms with Crippen molar-refractivity contribution in [2.75, 3.05) is 20.3 Å². The molecule has 0 heterocycles. The Balaban J connectivity index is 2.45. The van der Waals surface area contributed by atoms with Gasteiger partial charge in [-0.2, -0.15) is 0 Å². The Kier molecular flexibility index (Phi) is 6.17. The highest BCUT2D eigenvalue weighted by Gasteiger charge is 2.20. The fourth-order valence-electron chi connectivity index (χ4n) is 1.86. The van der Waals surface area contributed by atoms with Crippen LogP contribution in [0.3, 0.4) is 0 Å². The first kappa shape index (κ1) is 16.7. The summed E-state index contributed by atoms with van der Waals surface area (Å²) in [6.45, 7) is 6.49. The fourth-order valence-corrected chi connectivity index (χ4v) is 1.86. The van der Waals surface area contributed by atoms with E-state index in [2.05, 4.69) is 5.32 Å². The zero-order chi connectivity index (χ0) is 15.2. The molecule has 0 aliphatic rings. The standard InChI is InChI=1S/C16H25NO3/c1-12-5-6-14(9-13(12)2)10-15(18)17-11-16(3,19)7-8-20-4/h5-6,9,19H,7-8,10-11H2,1-4H3,(H,17,18). The van der Waals surface area contributed by atoms with Crippen molar-refractivity contribution in [3.63, 3.8) is 0 Å². The first-order chi connectivity index (χ1) is 9.34. The molecule has 2 N–H and O–H groups in total. The summed E-state index contributed by atoms with van der Waals surface area (Å²) in [5, 5.41) is 12.8. The monoisotopic (exact) mass is 279 g/mol. The molecule has 0 bridgehead atoms. The topological polar surface area (TPSA) is 58.6 Å². The smallest absolute Gasteiger partial charge is 0.224 e. The minimum Gasteiger partial charge on any atom is -0.388 e. The number of hydrogen-bond donors (Lipinski definition) is 2. The van der Waals surface area contributed by atoms with Crippen molar-refractivity contribution >= 4 is 5.91 Å². The molecule has 1 atom stereocenters. The Labute approximate surface area is 121 Å². The Morgan fingerprint density at radius 1 is 1.35 bits per heavy atom. The number of aliphatic hydroxyl groups is 1. The summed E-state index contributed by atoms with van der Waals surface area (Å²) in [5.41, 5.74) is 2.45. The lowest BCUT2D eigenvalue weighted by atomic mass is 10.0. The van der Waals surface area contributed by atoms with Crippen LogP contribution in [-0.4, -0.2) is 36.9 Å². The second-order valence-corrected chi connectivity index (χ2v) is 5.61. The van der Waals surface area contributed by atoms with Gasteiger partial charge in [-0.05, 0) is 37.5 Å². The highest BCUT2D eigenvalue weighted by molar-refractivity contribution is 5.78. The molecular formula is C16H25NO3. The van der Waals surface area contributed by atoms with Crippen molar-refractivity contribution in [3.8, 4) is 0 Å².